The van der Waals surface area contributed by atoms with E-state index < -0.39 is 0 Å². The van der Waals surface area contributed by atoms with Gasteiger partial charge in [-0.15, -0.1) is 11.8 Å². The Kier molecular flexibility index (Phi) is 9.14. The van der Waals surface area contributed by atoms with Crippen molar-refractivity contribution in [1.82, 2.24) is 10.2 Å². The van der Waals surface area contributed by atoms with Crippen LogP contribution < -0.4 is 5.32 Å². The third kappa shape index (κ3) is 4.00. The summed E-state index contributed by atoms with van der Waals surface area (Å²) in [6.45, 7) is 16.5. The van der Waals surface area contributed by atoms with E-state index in [1.54, 1.807) is 0 Å². The van der Waals surface area contributed by atoms with Crippen molar-refractivity contribution in [1.29, 1.82) is 0 Å². The maximum atomic E-state index is 3.67. The number of rotatable bonds is 9. The van der Waals surface area contributed by atoms with Crippen LogP contribution >= 0.6 is 0 Å². The topological polar surface area (TPSA) is 15.3 Å². The standard InChI is InChI=1S/C16H32N2/c1-7-13-14-15(17-10-4)16(8-2,9-3)18(11-5)12-6/h15,17H,8-12,14H2,1-6H3. The summed E-state index contributed by atoms with van der Waals surface area (Å²) >= 11 is 0. The molecule has 0 aliphatic carbocycles. The van der Waals surface area contributed by atoms with Crippen molar-refractivity contribution in [3.63, 3.8) is 0 Å². The molecule has 0 saturated heterocycles. The molecule has 0 fully saturated rings. The maximum Gasteiger partial charge on any atom is 0.0366 e. The lowest BCUT2D eigenvalue weighted by Crippen LogP contribution is -2.60. The molecule has 0 bridgehead atoms. The van der Waals surface area contributed by atoms with Gasteiger partial charge in [0.1, 0.15) is 0 Å². The smallest absolute Gasteiger partial charge is 0.0366 e. The first-order valence-corrected chi connectivity index (χ1v) is 7.54. The zero-order valence-electron chi connectivity index (χ0n) is 13.3. The summed E-state index contributed by atoms with van der Waals surface area (Å²) in [5.41, 5.74) is 0.239. The van der Waals surface area contributed by atoms with Gasteiger partial charge in [-0.1, -0.05) is 34.6 Å². The highest BCUT2D eigenvalue weighted by atomic mass is 15.2. The van der Waals surface area contributed by atoms with Crippen LogP contribution in [-0.2, 0) is 0 Å². The summed E-state index contributed by atoms with van der Waals surface area (Å²) in [6.07, 6.45) is 3.30. The van der Waals surface area contributed by atoms with Gasteiger partial charge in [0.05, 0.1) is 0 Å². The highest BCUT2D eigenvalue weighted by Gasteiger charge is 2.38. The minimum absolute atomic E-state index is 0.239. The minimum atomic E-state index is 0.239. The molecule has 1 N–H and O–H groups in total. The van der Waals surface area contributed by atoms with Crippen LogP contribution in [0, 0.1) is 11.8 Å². The van der Waals surface area contributed by atoms with E-state index in [-0.39, 0.29) is 5.54 Å². The molecule has 106 valence electrons. The van der Waals surface area contributed by atoms with Gasteiger partial charge in [-0.25, -0.2) is 0 Å². The van der Waals surface area contributed by atoms with Crippen LogP contribution in [0.3, 0.4) is 0 Å². The van der Waals surface area contributed by atoms with Gasteiger partial charge in [0.25, 0.3) is 0 Å². The van der Waals surface area contributed by atoms with Crippen LogP contribution in [0.4, 0.5) is 0 Å². The molecule has 0 amide bonds. The second-order valence-electron chi connectivity index (χ2n) is 4.72. The number of hydrogen-bond acceptors (Lipinski definition) is 2. The van der Waals surface area contributed by atoms with Gasteiger partial charge in [-0.05, 0) is 39.4 Å². The molecule has 0 aromatic rings. The lowest BCUT2D eigenvalue weighted by Gasteiger charge is -2.48. The van der Waals surface area contributed by atoms with Crippen molar-refractivity contribution in [2.75, 3.05) is 19.6 Å². The van der Waals surface area contributed by atoms with Gasteiger partial charge in [0, 0.05) is 18.0 Å². The molecule has 0 aliphatic rings. The number of likely N-dealkylation sites (N-methyl/N-ethyl adjacent to an activating group) is 2. The normalized spacial score (nSPS) is 13.3. The molecule has 0 aromatic heterocycles. The first kappa shape index (κ1) is 17.5. The third-order valence-electron chi connectivity index (χ3n) is 4.20. The monoisotopic (exact) mass is 252 g/mol. The molecule has 0 heterocycles. The SMILES string of the molecule is CC#CCC(NCC)C(CC)(CC)N(CC)CC. The molecular weight excluding hydrogens is 220 g/mol. The second kappa shape index (κ2) is 9.42. The summed E-state index contributed by atoms with van der Waals surface area (Å²) in [5.74, 6) is 6.31. The van der Waals surface area contributed by atoms with Crippen LogP contribution in [0.15, 0.2) is 0 Å². The zero-order chi connectivity index (χ0) is 14.0. The first-order valence-electron chi connectivity index (χ1n) is 7.54. The van der Waals surface area contributed by atoms with Crippen molar-refractivity contribution in [2.45, 2.75) is 72.4 Å². The van der Waals surface area contributed by atoms with E-state index in [1.165, 1.54) is 12.8 Å². The Bertz CT molecular complexity index is 254. The van der Waals surface area contributed by atoms with Gasteiger partial charge in [0.2, 0.25) is 0 Å². The molecule has 2 nitrogen and oxygen atoms in total. The third-order valence-corrected chi connectivity index (χ3v) is 4.20. The highest BCUT2D eigenvalue weighted by molar-refractivity contribution is 5.06. The van der Waals surface area contributed by atoms with Crippen LogP contribution in [0.1, 0.15) is 60.8 Å². The molecule has 0 saturated carbocycles. The largest absolute Gasteiger partial charge is 0.312 e. The number of nitrogens with one attached hydrogen (secondary N) is 1. The molecular formula is C16H32N2. The van der Waals surface area contributed by atoms with Gasteiger partial charge in [-0.2, -0.15) is 0 Å². The van der Waals surface area contributed by atoms with E-state index in [0.717, 1.165) is 26.1 Å². The van der Waals surface area contributed by atoms with E-state index in [9.17, 15) is 0 Å². The van der Waals surface area contributed by atoms with E-state index in [1.807, 2.05) is 6.92 Å². The molecule has 2 heteroatoms. The molecule has 0 aromatic carbocycles. The second-order valence-corrected chi connectivity index (χ2v) is 4.72. The lowest BCUT2D eigenvalue weighted by atomic mass is 9.80. The predicted octanol–water partition coefficient (Wildman–Crippen LogP) is 3.28. The van der Waals surface area contributed by atoms with Gasteiger partial charge >= 0.3 is 0 Å². The van der Waals surface area contributed by atoms with Crippen molar-refractivity contribution in [2.24, 2.45) is 0 Å². The highest BCUT2D eigenvalue weighted by Crippen LogP contribution is 2.29. The molecule has 1 atom stereocenters. The molecule has 0 radical (unpaired) electrons. The van der Waals surface area contributed by atoms with E-state index in [0.29, 0.717) is 6.04 Å². The van der Waals surface area contributed by atoms with Gasteiger partial charge in [0.15, 0.2) is 0 Å². The number of nitrogens with zero attached hydrogens (tertiary/aromatic N) is 1. The van der Waals surface area contributed by atoms with E-state index in [2.05, 4.69) is 56.7 Å². The fraction of sp³-hybridized carbons (Fsp3) is 0.875. The maximum absolute atomic E-state index is 3.67. The summed E-state index contributed by atoms with van der Waals surface area (Å²) in [5, 5.41) is 3.67. The average molecular weight is 252 g/mol. The Balaban J connectivity index is 5.23. The summed E-state index contributed by atoms with van der Waals surface area (Å²) < 4.78 is 0. The quantitative estimate of drug-likeness (QED) is 0.634. The Hall–Kier alpha value is -0.520. The van der Waals surface area contributed by atoms with Crippen molar-refractivity contribution < 1.29 is 0 Å². The number of hydrogen-bond donors (Lipinski definition) is 1. The Labute approximate surface area is 115 Å². The van der Waals surface area contributed by atoms with Crippen LogP contribution in [0.25, 0.3) is 0 Å². The molecule has 1 unspecified atom stereocenters. The lowest BCUT2D eigenvalue weighted by molar-refractivity contribution is 0.0514. The fourth-order valence-electron chi connectivity index (χ4n) is 3.17. The molecule has 0 aliphatic heterocycles. The van der Waals surface area contributed by atoms with Gasteiger partial charge in [-0.3, -0.25) is 4.90 Å². The minimum Gasteiger partial charge on any atom is -0.312 e. The summed E-state index contributed by atoms with van der Waals surface area (Å²) in [6, 6.07) is 0.463. The predicted molar refractivity (Wildman–Crippen MR) is 81.8 cm³/mol. The van der Waals surface area contributed by atoms with Crippen molar-refractivity contribution in [3.05, 3.63) is 0 Å². The summed E-state index contributed by atoms with van der Waals surface area (Å²) in [7, 11) is 0. The average Bonchev–Trinajstić information content (AvgIpc) is 2.41. The Morgan fingerprint density at radius 2 is 1.61 bits per heavy atom. The zero-order valence-corrected chi connectivity index (χ0v) is 13.3. The molecule has 18 heavy (non-hydrogen) atoms. The van der Waals surface area contributed by atoms with Crippen molar-refractivity contribution in [3.8, 4) is 11.8 Å². The van der Waals surface area contributed by atoms with E-state index in [4.69, 9.17) is 0 Å². The van der Waals surface area contributed by atoms with Crippen molar-refractivity contribution >= 4 is 0 Å². The first-order chi connectivity index (χ1) is 8.66. The summed E-state index contributed by atoms with van der Waals surface area (Å²) in [4.78, 5) is 2.61. The van der Waals surface area contributed by atoms with Gasteiger partial charge < -0.3 is 5.32 Å². The molecule has 0 rings (SSSR count). The van der Waals surface area contributed by atoms with Crippen LogP contribution in [-0.4, -0.2) is 36.1 Å². The van der Waals surface area contributed by atoms with Crippen LogP contribution in [0.2, 0.25) is 0 Å². The van der Waals surface area contributed by atoms with Crippen LogP contribution in [0.5, 0.6) is 0 Å². The Morgan fingerprint density at radius 3 is 1.94 bits per heavy atom. The Morgan fingerprint density at radius 1 is 1.06 bits per heavy atom. The van der Waals surface area contributed by atoms with E-state index >= 15 is 0 Å². The molecule has 0 spiro atoms. The fourth-order valence-corrected chi connectivity index (χ4v) is 3.17.